The summed E-state index contributed by atoms with van der Waals surface area (Å²) >= 11 is 1.81. The van der Waals surface area contributed by atoms with Gasteiger partial charge in [0.2, 0.25) is 0 Å². The van der Waals surface area contributed by atoms with Gasteiger partial charge in [0.25, 0.3) is 0 Å². The minimum atomic E-state index is 0. The quantitative estimate of drug-likeness (QED) is 0.725. The second-order valence-corrected chi connectivity index (χ2v) is 3.06. The van der Waals surface area contributed by atoms with Crippen molar-refractivity contribution in [1.29, 1.82) is 0 Å². The summed E-state index contributed by atoms with van der Waals surface area (Å²) in [5.74, 6) is 0. The summed E-state index contributed by atoms with van der Waals surface area (Å²) in [6, 6.07) is 2.15. The maximum Gasteiger partial charge on any atom is 0.0299 e. The monoisotopic (exact) mass is 173 g/mol. The molecular weight excluding hydrogens is 154 g/mol. The van der Waals surface area contributed by atoms with E-state index < -0.39 is 0 Å². The van der Waals surface area contributed by atoms with E-state index in [9.17, 15) is 0 Å². The van der Waals surface area contributed by atoms with Gasteiger partial charge in [0, 0.05) is 12.8 Å². The molecule has 0 aliphatic heterocycles. The van der Waals surface area contributed by atoms with E-state index in [0.29, 0.717) is 0 Å². The molecule has 11 heavy (non-hydrogen) atoms. The molecule has 66 valence electrons. The molecule has 0 atom stereocenters. The lowest BCUT2D eigenvalue weighted by Gasteiger charge is -1.94. The smallest absolute Gasteiger partial charge is 0.0299 e. The maximum atomic E-state index is 3.12. The summed E-state index contributed by atoms with van der Waals surface area (Å²) in [4.78, 5) is 1.44. The molecule has 1 rings (SSSR count). The highest BCUT2D eigenvalue weighted by molar-refractivity contribution is 7.10. The third kappa shape index (κ3) is 3.54. The lowest BCUT2D eigenvalue weighted by molar-refractivity contribution is 0.827. The summed E-state index contributed by atoms with van der Waals surface area (Å²) in [6.45, 7) is 7.15. The largest absolute Gasteiger partial charge is 0.315 e. The molecule has 2 heteroatoms. The van der Waals surface area contributed by atoms with Crippen molar-refractivity contribution in [3.63, 3.8) is 0 Å². The Labute approximate surface area is 74.9 Å². The Kier molecular flexibility index (Phi) is 6.18. The molecule has 0 aliphatic carbocycles. The van der Waals surface area contributed by atoms with Crippen LogP contribution in [0, 0.1) is 6.92 Å². The van der Waals surface area contributed by atoms with Crippen molar-refractivity contribution in [2.24, 2.45) is 0 Å². The van der Waals surface area contributed by atoms with Crippen LogP contribution in [-0.4, -0.2) is 7.05 Å². The van der Waals surface area contributed by atoms with Crippen molar-refractivity contribution in [2.75, 3.05) is 7.05 Å². The fourth-order valence-corrected chi connectivity index (χ4v) is 1.66. The molecule has 0 amide bonds. The summed E-state index contributed by atoms with van der Waals surface area (Å²) in [5.41, 5.74) is 1.40. The Balaban J connectivity index is 0. The van der Waals surface area contributed by atoms with Gasteiger partial charge >= 0.3 is 0 Å². The third-order valence-corrected chi connectivity index (χ3v) is 2.33. The zero-order valence-electron chi connectivity index (χ0n) is 7.77. The lowest BCUT2D eigenvalue weighted by Crippen LogP contribution is -2.03. The highest BCUT2D eigenvalue weighted by Crippen LogP contribution is 2.14. The predicted molar refractivity (Wildman–Crippen MR) is 55.3 cm³/mol. The van der Waals surface area contributed by atoms with Crippen molar-refractivity contribution in [3.8, 4) is 0 Å². The van der Waals surface area contributed by atoms with Gasteiger partial charge in [-0.25, -0.2) is 0 Å². The van der Waals surface area contributed by atoms with Crippen molar-refractivity contribution in [3.05, 3.63) is 21.9 Å². The number of nitrogens with one attached hydrogen (secondary N) is 1. The summed E-state index contributed by atoms with van der Waals surface area (Å²) < 4.78 is 0. The van der Waals surface area contributed by atoms with Gasteiger partial charge in [0.15, 0.2) is 0 Å². The molecule has 1 aromatic rings. The Bertz CT molecular complexity index is 186. The van der Waals surface area contributed by atoms with Crippen molar-refractivity contribution >= 4 is 11.3 Å². The molecule has 0 spiro atoms. The molecule has 0 saturated carbocycles. The van der Waals surface area contributed by atoms with Crippen LogP contribution >= 0.6 is 11.3 Å². The normalized spacial score (nSPS) is 8.73. The summed E-state index contributed by atoms with van der Waals surface area (Å²) in [7, 11) is 1.97. The van der Waals surface area contributed by atoms with Crippen LogP contribution in [0.5, 0.6) is 0 Å². The molecule has 1 heterocycles. The van der Waals surface area contributed by atoms with Crippen LogP contribution in [0.15, 0.2) is 11.4 Å². The van der Waals surface area contributed by atoms with Gasteiger partial charge in [0.1, 0.15) is 0 Å². The summed E-state index contributed by atoms with van der Waals surface area (Å²) in [5, 5.41) is 5.25. The molecule has 1 aromatic heterocycles. The van der Waals surface area contributed by atoms with E-state index >= 15 is 0 Å². The van der Waals surface area contributed by atoms with Crippen molar-refractivity contribution in [2.45, 2.75) is 27.3 Å². The molecule has 0 aromatic carbocycles. The highest BCUT2D eigenvalue weighted by Gasteiger charge is 1.94. The Morgan fingerprint density at radius 3 is 2.55 bits per heavy atom. The third-order valence-electron chi connectivity index (χ3n) is 1.31. The fourth-order valence-electron chi connectivity index (χ4n) is 0.746. The minimum absolute atomic E-state index is 0. The van der Waals surface area contributed by atoms with Crippen LogP contribution in [-0.2, 0) is 6.54 Å². The molecule has 0 radical (unpaired) electrons. The van der Waals surface area contributed by atoms with Crippen LogP contribution < -0.4 is 5.32 Å². The molecule has 0 bridgehead atoms. The topological polar surface area (TPSA) is 12.0 Å². The number of rotatable bonds is 2. The Morgan fingerprint density at radius 1 is 1.55 bits per heavy atom. The van der Waals surface area contributed by atoms with Crippen molar-refractivity contribution in [1.82, 2.24) is 5.32 Å². The molecule has 0 aliphatic rings. The first-order valence-electron chi connectivity index (χ1n) is 4.02. The molecule has 0 unspecified atom stereocenters. The SMILES string of the molecule is CC.CNCc1sccc1C.[HH]. The van der Waals surface area contributed by atoms with Crippen LogP contribution in [0.3, 0.4) is 0 Å². The van der Waals surface area contributed by atoms with Gasteiger partial charge in [-0.2, -0.15) is 0 Å². The summed E-state index contributed by atoms with van der Waals surface area (Å²) in [6.07, 6.45) is 0. The van der Waals surface area contributed by atoms with E-state index in [1.807, 2.05) is 32.2 Å². The minimum Gasteiger partial charge on any atom is -0.315 e. The number of hydrogen-bond acceptors (Lipinski definition) is 2. The number of thiophene rings is 1. The Hall–Kier alpha value is -0.340. The average Bonchev–Trinajstić information content (AvgIpc) is 2.42. The van der Waals surface area contributed by atoms with Gasteiger partial charge in [-0.05, 0) is 31.0 Å². The highest BCUT2D eigenvalue weighted by atomic mass is 32.1. The maximum absolute atomic E-state index is 3.12. The van der Waals surface area contributed by atoms with Gasteiger partial charge in [-0.3, -0.25) is 0 Å². The molecular formula is C9H19NS. The van der Waals surface area contributed by atoms with Crippen molar-refractivity contribution < 1.29 is 1.43 Å². The first-order valence-corrected chi connectivity index (χ1v) is 4.90. The average molecular weight is 173 g/mol. The molecule has 1 N–H and O–H groups in total. The molecule has 0 fully saturated rings. The van der Waals surface area contributed by atoms with Gasteiger partial charge in [-0.1, -0.05) is 13.8 Å². The van der Waals surface area contributed by atoms with Gasteiger partial charge in [0.05, 0.1) is 0 Å². The van der Waals surface area contributed by atoms with Crippen LogP contribution in [0.1, 0.15) is 25.7 Å². The number of aryl methyl sites for hydroxylation is 1. The van der Waals surface area contributed by atoms with E-state index in [1.165, 1.54) is 10.4 Å². The zero-order valence-corrected chi connectivity index (χ0v) is 8.59. The first kappa shape index (κ1) is 10.7. The van der Waals surface area contributed by atoms with E-state index in [-0.39, 0.29) is 1.43 Å². The standard InChI is InChI=1S/C7H11NS.C2H6.H2/c1-6-3-4-9-7(6)5-8-2;1-2;/h3-4,8H,5H2,1-2H3;1-2H3;1H. The molecule has 1 nitrogen and oxygen atoms in total. The van der Waals surface area contributed by atoms with E-state index in [4.69, 9.17) is 0 Å². The zero-order chi connectivity index (χ0) is 8.69. The van der Waals surface area contributed by atoms with Crippen LogP contribution in [0.25, 0.3) is 0 Å². The van der Waals surface area contributed by atoms with Crippen LogP contribution in [0.4, 0.5) is 0 Å². The molecule has 0 saturated heterocycles. The van der Waals surface area contributed by atoms with Gasteiger partial charge < -0.3 is 5.32 Å². The van der Waals surface area contributed by atoms with Crippen LogP contribution in [0.2, 0.25) is 0 Å². The van der Waals surface area contributed by atoms with Gasteiger partial charge in [-0.15, -0.1) is 11.3 Å². The Morgan fingerprint density at radius 2 is 2.18 bits per heavy atom. The van der Waals surface area contributed by atoms with E-state index in [2.05, 4.69) is 23.7 Å². The second-order valence-electron chi connectivity index (χ2n) is 2.06. The first-order chi connectivity index (χ1) is 5.34. The predicted octanol–water partition coefficient (Wildman–Crippen LogP) is 3.05. The van der Waals surface area contributed by atoms with E-state index in [0.717, 1.165) is 6.54 Å². The fraction of sp³-hybridized carbons (Fsp3) is 0.556. The van der Waals surface area contributed by atoms with E-state index in [1.54, 1.807) is 0 Å². The lowest BCUT2D eigenvalue weighted by atomic mass is 10.3. The number of hydrogen-bond donors (Lipinski definition) is 1. The second kappa shape index (κ2) is 6.38.